The SMILES string of the molecule is COc1ccc(N/C(=C\C(=O)C(C)(C)C)C(F)(F)Br)cc1. The van der Waals surface area contributed by atoms with E-state index in [0.717, 1.165) is 6.08 Å². The highest BCUT2D eigenvalue weighted by Crippen LogP contribution is 2.33. The van der Waals surface area contributed by atoms with Crippen LogP contribution in [0.3, 0.4) is 0 Å². The van der Waals surface area contributed by atoms with Gasteiger partial charge in [-0.15, -0.1) is 0 Å². The molecule has 3 nitrogen and oxygen atoms in total. The average molecular weight is 362 g/mol. The van der Waals surface area contributed by atoms with Crippen LogP contribution in [0, 0.1) is 5.41 Å². The summed E-state index contributed by atoms with van der Waals surface area (Å²) in [5.41, 5.74) is -0.805. The van der Waals surface area contributed by atoms with Crippen LogP contribution in [0.1, 0.15) is 20.8 Å². The summed E-state index contributed by atoms with van der Waals surface area (Å²) >= 11 is 2.28. The number of benzene rings is 1. The second kappa shape index (κ2) is 6.56. The highest BCUT2D eigenvalue weighted by molar-refractivity contribution is 9.10. The Balaban J connectivity index is 3.04. The summed E-state index contributed by atoms with van der Waals surface area (Å²) in [7, 11) is 1.52. The number of methoxy groups -OCH3 is 1. The van der Waals surface area contributed by atoms with E-state index in [-0.39, 0.29) is 0 Å². The van der Waals surface area contributed by atoms with Gasteiger partial charge in [0.15, 0.2) is 5.78 Å². The summed E-state index contributed by atoms with van der Waals surface area (Å²) in [6, 6.07) is 6.45. The molecule has 1 aromatic rings. The molecule has 1 aromatic carbocycles. The molecule has 0 fully saturated rings. The predicted molar refractivity (Wildman–Crippen MR) is 83.0 cm³/mol. The fourth-order valence-electron chi connectivity index (χ4n) is 1.37. The predicted octanol–water partition coefficient (Wildman–Crippen LogP) is 4.59. The first-order valence-corrected chi connectivity index (χ1v) is 7.08. The van der Waals surface area contributed by atoms with Crippen LogP contribution in [-0.2, 0) is 4.79 Å². The topological polar surface area (TPSA) is 38.3 Å². The molecule has 0 saturated heterocycles. The van der Waals surface area contributed by atoms with Crippen molar-refractivity contribution in [2.75, 3.05) is 12.4 Å². The molecule has 116 valence electrons. The minimum Gasteiger partial charge on any atom is -0.497 e. The van der Waals surface area contributed by atoms with Gasteiger partial charge in [-0.2, -0.15) is 8.78 Å². The van der Waals surface area contributed by atoms with Crippen LogP contribution in [0.15, 0.2) is 36.0 Å². The van der Waals surface area contributed by atoms with Gasteiger partial charge in [-0.05, 0) is 40.2 Å². The monoisotopic (exact) mass is 361 g/mol. The molecule has 0 unspecified atom stereocenters. The van der Waals surface area contributed by atoms with Crippen molar-refractivity contribution >= 4 is 27.4 Å². The summed E-state index contributed by atoms with van der Waals surface area (Å²) in [4.78, 5) is 8.60. The van der Waals surface area contributed by atoms with Crippen molar-refractivity contribution in [1.29, 1.82) is 0 Å². The number of allylic oxidation sites excluding steroid dienone is 2. The van der Waals surface area contributed by atoms with E-state index < -0.39 is 21.7 Å². The van der Waals surface area contributed by atoms with E-state index in [1.165, 1.54) is 7.11 Å². The van der Waals surface area contributed by atoms with Gasteiger partial charge in [0.2, 0.25) is 0 Å². The smallest absolute Gasteiger partial charge is 0.341 e. The second-order valence-corrected chi connectivity index (χ2v) is 6.52. The average Bonchev–Trinajstić information content (AvgIpc) is 2.36. The molecule has 0 atom stereocenters. The maximum Gasteiger partial charge on any atom is 0.341 e. The number of alkyl halides is 3. The molecule has 0 aliphatic carbocycles. The molecule has 0 aliphatic rings. The van der Waals surface area contributed by atoms with Crippen LogP contribution in [0.2, 0.25) is 0 Å². The van der Waals surface area contributed by atoms with E-state index in [9.17, 15) is 13.6 Å². The van der Waals surface area contributed by atoms with Gasteiger partial charge in [0, 0.05) is 17.2 Å². The third kappa shape index (κ3) is 5.46. The molecule has 21 heavy (non-hydrogen) atoms. The van der Waals surface area contributed by atoms with E-state index in [0.29, 0.717) is 11.4 Å². The van der Waals surface area contributed by atoms with Gasteiger partial charge >= 0.3 is 4.83 Å². The lowest BCUT2D eigenvalue weighted by atomic mass is 9.90. The Morgan fingerprint density at radius 1 is 1.24 bits per heavy atom. The van der Waals surface area contributed by atoms with Crippen molar-refractivity contribution in [3.05, 3.63) is 36.0 Å². The summed E-state index contributed by atoms with van der Waals surface area (Å²) in [5.74, 6) is 0.222. The first kappa shape index (κ1) is 17.6. The standard InChI is InChI=1S/C15H18BrF2NO2/c1-14(2,3)13(20)9-12(15(16,17)18)19-10-5-7-11(21-4)8-6-10/h5-9,19H,1-4H3/b12-9-. The molecule has 0 amide bonds. The lowest BCUT2D eigenvalue weighted by molar-refractivity contribution is -0.121. The van der Waals surface area contributed by atoms with Crippen molar-refractivity contribution in [3.8, 4) is 5.75 Å². The fourth-order valence-corrected chi connectivity index (χ4v) is 1.58. The first-order valence-electron chi connectivity index (χ1n) is 6.28. The van der Waals surface area contributed by atoms with Crippen LogP contribution < -0.4 is 10.1 Å². The van der Waals surface area contributed by atoms with Crippen molar-refractivity contribution < 1.29 is 18.3 Å². The Labute approximate surface area is 131 Å². The largest absolute Gasteiger partial charge is 0.497 e. The third-order valence-electron chi connectivity index (χ3n) is 2.69. The van der Waals surface area contributed by atoms with E-state index in [1.807, 2.05) is 0 Å². The van der Waals surface area contributed by atoms with Gasteiger partial charge < -0.3 is 10.1 Å². The maximum absolute atomic E-state index is 13.6. The third-order valence-corrected chi connectivity index (χ3v) is 3.12. The quantitative estimate of drug-likeness (QED) is 0.615. The fraction of sp³-hybridized carbons (Fsp3) is 0.400. The van der Waals surface area contributed by atoms with E-state index in [1.54, 1.807) is 45.0 Å². The number of rotatable bonds is 5. The zero-order valence-electron chi connectivity index (χ0n) is 12.3. The van der Waals surface area contributed by atoms with Gasteiger partial charge in [-0.25, -0.2) is 0 Å². The van der Waals surface area contributed by atoms with Crippen LogP contribution in [0.5, 0.6) is 5.75 Å². The number of halogens is 3. The lowest BCUT2D eigenvalue weighted by Gasteiger charge is -2.19. The zero-order chi connectivity index (χ0) is 16.3. The number of hydrogen-bond donors (Lipinski definition) is 1. The Kier molecular flexibility index (Phi) is 5.50. The number of anilines is 1. The molecule has 0 aromatic heterocycles. The summed E-state index contributed by atoms with van der Waals surface area (Å²) in [5, 5.41) is 2.56. The molecule has 1 rings (SSSR count). The molecular weight excluding hydrogens is 344 g/mol. The number of ketones is 1. The minimum absolute atomic E-state index is 0.391. The van der Waals surface area contributed by atoms with Gasteiger partial charge in [0.05, 0.1) is 7.11 Å². The van der Waals surface area contributed by atoms with E-state index >= 15 is 0 Å². The van der Waals surface area contributed by atoms with Gasteiger partial charge in [-0.1, -0.05) is 20.8 Å². The molecule has 1 N–H and O–H groups in total. The van der Waals surface area contributed by atoms with E-state index in [4.69, 9.17) is 4.74 Å². The van der Waals surface area contributed by atoms with Gasteiger partial charge in [0.1, 0.15) is 11.4 Å². The van der Waals surface area contributed by atoms with Gasteiger partial charge in [0.25, 0.3) is 0 Å². The van der Waals surface area contributed by atoms with Crippen LogP contribution >= 0.6 is 15.9 Å². The van der Waals surface area contributed by atoms with E-state index in [2.05, 4.69) is 21.2 Å². The minimum atomic E-state index is -3.33. The number of hydrogen-bond acceptors (Lipinski definition) is 3. The molecule has 0 spiro atoms. The number of carbonyl (C=O) groups excluding carboxylic acids is 1. The number of carbonyl (C=O) groups is 1. The molecule has 0 heterocycles. The Bertz CT molecular complexity index is 528. The summed E-state index contributed by atoms with van der Waals surface area (Å²) in [6.45, 7) is 5.01. The second-order valence-electron chi connectivity index (χ2n) is 5.52. The zero-order valence-corrected chi connectivity index (χ0v) is 13.9. The molecule has 0 bridgehead atoms. The molecular formula is C15H18BrF2NO2. The maximum atomic E-state index is 13.6. The Morgan fingerprint density at radius 2 is 1.76 bits per heavy atom. The Morgan fingerprint density at radius 3 is 2.14 bits per heavy atom. The highest BCUT2D eigenvalue weighted by atomic mass is 79.9. The first-order chi connectivity index (χ1) is 9.54. The normalized spacial score (nSPS) is 13.0. The lowest BCUT2D eigenvalue weighted by Crippen LogP contribution is -2.23. The molecule has 0 radical (unpaired) electrons. The highest BCUT2D eigenvalue weighted by Gasteiger charge is 2.33. The van der Waals surface area contributed by atoms with Gasteiger partial charge in [-0.3, -0.25) is 4.79 Å². The number of ether oxygens (including phenoxy) is 1. The van der Waals surface area contributed by atoms with Crippen LogP contribution in [-0.4, -0.2) is 17.7 Å². The van der Waals surface area contributed by atoms with Crippen molar-refractivity contribution in [2.24, 2.45) is 5.41 Å². The molecule has 0 aliphatic heterocycles. The number of nitrogens with one attached hydrogen (secondary N) is 1. The van der Waals surface area contributed by atoms with Crippen molar-refractivity contribution in [3.63, 3.8) is 0 Å². The van der Waals surface area contributed by atoms with Crippen molar-refractivity contribution in [2.45, 2.75) is 25.6 Å². The summed E-state index contributed by atoms with van der Waals surface area (Å²) in [6.07, 6.45) is 0.930. The van der Waals surface area contributed by atoms with Crippen molar-refractivity contribution in [1.82, 2.24) is 0 Å². The molecule has 6 heteroatoms. The van der Waals surface area contributed by atoms with Crippen LogP contribution in [0.25, 0.3) is 0 Å². The Hall–Kier alpha value is -1.43. The summed E-state index contributed by atoms with van der Waals surface area (Å²) < 4.78 is 32.1. The van der Waals surface area contributed by atoms with Crippen LogP contribution in [0.4, 0.5) is 14.5 Å². The molecule has 0 saturated carbocycles.